The Bertz CT molecular complexity index is 484. The van der Waals surface area contributed by atoms with Gasteiger partial charge in [0.05, 0.1) is 12.6 Å². The summed E-state index contributed by atoms with van der Waals surface area (Å²) in [5.41, 5.74) is 4.88. The second-order valence-electron chi connectivity index (χ2n) is 6.29. The zero-order valence-electron chi connectivity index (χ0n) is 14.6. The van der Waals surface area contributed by atoms with E-state index in [1.54, 1.807) is 20.8 Å². The van der Waals surface area contributed by atoms with Gasteiger partial charge < -0.3 is 24.9 Å². The van der Waals surface area contributed by atoms with E-state index in [4.69, 9.17) is 19.6 Å². The van der Waals surface area contributed by atoms with Crippen LogP contribution in [0.1, 0.15) is 65.3 Å². The van der Waals surface area contributed by atoms with Crippen molar-refractivity contribution in [3.8, 4) is 0 Å². The van der Waals surface area contributed by atoms with Crippen molar-refractivity contribution in [1.29, 1.82) is 0 Å². The molecule has 0 saturated carbocycles. The molecule has 132 valence electrons. The van der Waals surface area contributed by atoms with Crippen LogP contribution in [-0.2, 0) is 16.0 Å². The Labute approximate surface area is 137 Å². The van der Waals surface area contributed by atoms with Crippen LogP contribution in [0.5, 0.6) is 0 Å². The minimum atomic E-state index is -0.602. The first-order chi connectivity index (χ1) is 10.8. The van der Waals surface area contributed by atoms with Crippen LogP contribution in [0.2, 0.25) is 0 Å². The van der Waals surface area contributed by atoms with E-state index < -0.39 is 17.7 Å². The summed E-state index contributed by atoms with van der Waals surface area (Å²) in [6.07, 6.45) is 1.04. The van der Waals surface area contributed by atoms with Crippen LogP contribution in [0, 0.1) is 0 Å². The van der Waals surface area contributed by atoms with Crippen molar-refractivity contribution in [2.24, 2.45) is 5.73 Å². The third-order valence-corrected chi connectivity index (χ3v) is 2.94. The number of amides is 1. The number of alkyl carbamates (subject to hydrolysis) is 1. The first-order valence-electron chi connectivity index (χ1n) is 7.90. The number of aromatic nitrogens is 2. The lowest BCUT2D eigenvalue weighted by Crippen LogP contribution is -2.40. The molecule has 1 aromatic heterocycles. The molecule has 2 atom stereocenters. The molecule has 0 radical (unpaired) electrons. The maximum atomic E-state index is 12.0. The molecule has 0 aliphatic heterocycles. The monoisotopic (exact) mass is 328 g/mol. The Morgan fingerprint density at radius 1 is 1.39 bits per heavy atom. The van der Waals surface area contributed by atoms with Gasteiger partial charge in [0.25, 0.3) is 0 Å². The summed E-state index contributed by atoms with van der Waals surface area (Å²) in [4.78, 5) is 12.0. The van der Waals surface area contributed by atoms with Crippen LogP contribution < -0.4 is 11.1 Å². The Hall–Kier alpha value is -1.67. The van der Waals surface area contributed by atoms with Crippen molar-refractivity contribution in [3.05, 3.63) is 11.8 Å². The van der Waals surface area contributed by atoms with E-state index in [-0.39, 0.29) is 18.5 Å². The van der Waals surface area contributed by atoms with E-state index in [2.05, 4.69) is 22.4 Å². The molecule has 8 heteroatoms. The Kier molecular flexibility index (Phi) is 7.44. The maximum absolute atomic E-state index is 12.0. The second-order valence-corrected chi connectivity index (χ2v) is 6.29. The molecule has 1 amide bonds. The van der Waals surface area contributed by atoms with E-state index in [1.807, 2.05) is 6.92 Å². The standard InChI is InChI=1S/C15H28N4O4/c1-6-7-8-21-10(2)12(13-19-18-11(9-16)22-13)17-14(20)23-15(3,4)5/h10,12H,6-9,16H2,1-5H3,(H,17,20). The minimum Gasteiger partial charge on any atom is -0.444 e. The number of nitrogens with zero attached hydrogens (tertiary/aromatic N) is 2. The lowest BCUT2D eigenvalue weighted by atomic mass is 10.1. The molecule has 0 aliphatic carbocycles. The van der Waals surface area contributed by atoms with Crippen molar-refractivity contribution in [2.75, 3.05) is 6.61 Å². The van der Waals surface area contributed by atoms with Gasteiger partial charge in [-0.3, -0.25) is 0 Å². The number of rotatable bonds is 8. The number of carbonyl (C=O) groups is 1. The molecule has 0 aromatic carbocycles. The predicted molar refractivity (Wildman–Crippen MR) is 84.6 cm³/mol. The summed E-state index contributed by atoms with van der Waals surface area (Å²) in [7, 11) is 0. The summed E-state index contributed by atoms with van der Waals surface area (Å²) in [5, 5.41) is 10.5. The molecular formula is C15H28N4O4. The van der Waals surface area contributed by atoms with E-state index in [0.717, 1.165) is 12.8 Å². The average Bonchev–Trinajstić information content (AvgIpc) is 2.91. The molecule has 0 aliphatic rings. The third kappa shape index (κ3) is 6.96. The van der Waals surface area contributed by atoms with Crippen LogP contribution in [0.3, 0.4) is 0 Å². The van der Waals surface area contributed by atoms with E-state index in [9.17, 15) is 4.79 Å². The molecule has 1 heterocycles. The molecule has 2 unspecified atom stereocenters. The van der Waals surface area contributed by atoms with Crippen molar-refractivity contribution in [3.63, 3.8) is 0 Å². The fraction of sp³-hybridized carbons (Fsp3) is 0.800. The van der Waals surface area contributed by atoms with E-state index in [1.165, 1.54) is 0 Å². The number of nitrogens with two attached hydrogens (primary N) is 1. The second kappa shape index (κ2) is 8.83. The Morgan fingerprint density at radius 2 is 2.09 bits per heavy atom. The van der Waals surface area contributed by atoms with Gasteiger partial charge in [-0.25, -0.2) is 4.79 Å². The molecule has 0 saturated heterocycles. The zero-order chi connectivity index (χ0) is 17.5. The summed E-state index contributed by atoms with van der Waals surface area (Å²) >= 11 is 0. The number of unbranched alkanes of at least 4 members (excludes halogenated alkanes) is 1. The quantitative estimate of drug-likeness (QED) is 0.704. The van der Waals surface area contributed by atoms with Gasteiger partial charge in [-0.05, 0) is 34.1 Å². The number of hydrogen-bond acceptors (Lipinski definition) is 7. The molecule has 23 heavy (non-hydrogen) atoms. The largest absolute Gasteiger partial charge is 0.444 e. The van der Waals surface area contributed by atoms with Crippen molar-refractivity contribution < 1.29 is 18.7 Å². The lowest BCUT2D eigenvalue weighted by Gasteiger charge is -2.25. The van der Waals surface area contributed by atoms with Crippen molar-refractivity contribution >= 4 is 6.09 Å². The van der Waals surface area contributed by atoms with E-state index >= 15 is 0 Å². The highest BCUT2D eigenvalue weighted by Crippen LogP contribution is 2.20. The average molecular weight is 328 g/mol. The van der Waals surface area contributed by atoms with Crippen LogP contribution in [-0.4, -0.2) is 34.6 Å². The molecule has 0 fully saturated rings. The highest BCUT2D eigenvalue weighted by molar-refractivity contribution is 5.68. The van der Waals surface area contributed by atoms with Crippen molar-refractivity contribution in [1.82, 2.24) is 15.5 Å². The fourth-order valence-corrected chi connectivity index (χ4v) is 1.80. The highest BCUT2D eigenvalue weighted by atomic mass is 16.6. The molecular weight excluding hydrogens is 300 g/mol. The van der Waals surface area contributed by atoms with Gasteiger partial charge in [-0.15, -0.1) is 10.2 Å². The highest BCUT2D eigenvalue weighted by Gasteiger charge is 2.29. The first-order valence-corrected chi connectivity index (χ1v) is 7.90. The van der Waals surface area contributed by atoms with Crippen LogP contribution in [0.15, 0.2) is 4.42 Å². The van der Waals surface area contributed by atoms with Crippen molar-refractivity contribution in [2.45, 2.75) is 71.8 Å². The third-order valence-electron chi connectivity index (χ3n) is 2.94. The number of ether oxygens (including phenoxy) is 2. The van der Waals surface area contributed by atoms with Crippen LogP contribution in [0.4, 0.5) is 4.79 Å². The normalized spacial score (nSPS) is 14.3. The van der Waals surface area contributed by atoms with Crippen LogP contribution in [0.25, 0.3) is 0 Å². The number of nitrogens with one attached hydrogen (secondary N) is 1. The Morgan fingerprint density at radius 3 is 2.61 bits per heavy atom. The molecule has 0 bridgehead atoms. The fourth-order valence-electron chi connectivity index (χ4n) is 1.80. The first kappa shape index (κ1) is 19.4. The number of carbonyl (C=O) groups excluding carboxylic acids is 1. The smallest absolute Gasteiger partial charge is 0.408 e. The summed E-state index contributed by atoms with van der Waals surface area (Å²) in [6.45, 7) is 10.0. The molecule has 1 rings (SSSR count). The number of hydrogen-bond donors (Lipinski definition) is 2. The minimum absolute atomic E-state index is 0.136. The zero-order valence-corrected chi connectivity index (χ0v) is 14.6. The molecule has 8 nitrogen and oxygen atoms in total. The molecule has 1 aromatic rings. The predicted octanol–water partition coefficient (Wildman–Crippen LogP) is 2.30. The summed E-state index contributed by atoms with van der Waals surface area (Å²) in [5.74, 6) is 0.553. The Balaban J connectivity index is 2.81. The van der Waals surface area contributed by atoms with Gasteiger partial charge in [-0.1, -0.05) is 13.3 Å². The molecule has 0 spiro atoms. The van der Waals surface area contributed by atoms with E-state index in [0.29, 0.717) is 12.5 Å². The lowest BCUT2D eigenvalue weighted by molar-refractivity contribution is 0.0152. The van der Waals surface area contributed by atoms with Gasteiger partial charge >= 0.3 is 6.09 Å². The maximum Gasteiger partial charge on any atom is 0.408 e. The summed E-state index contributed by atoms with van der Waals surface area (Å²) < 4.78 is 16.5. The SMILES string of the molecule is CCCCOC(C)C(NC(=O)OC(C)(C)C)c1nnc(CN)o1. The van der Waals surface area contributed by atoms with Gasteiger partial charge in [0.15, 0.2) is 0 Å². The topological polar surface area (TPSA) is 112 Å². The molecule has 3 N–H and O–H groups in total. The van der Waals surface area contributed by atoms with Gasteiger partial charge in [0.1, 0.15) is 11.6 Å². The van der Waals surface area contributed by atoms with Crippen LogP contribution >= 0.6 is 0 Å². The summed E-state index contributed by atoms with van der Waals surface area (Å²) in [6, 6.07) is -0.602. The van der Waals surface area contributed by atoms with Gasteiger partial charge in [0.2, 0.25) is 11.8 Å². The van der Waals surface area contributed by atoms with Gasteiger partial charge in [-0.2, -0.15) is 0 Å². The van der Waals surface area contributed by atoms with Gasteiger partial charge in [0, 0.05) is 6.61 Å².